The lowest BCUT2D eigenvalue weighted by Crippen LogP contribution is -2.31. The minimum atomic E-state index is -0.460. The lowest BCUT2D eigenvalue weighted by molar-refractivity contribution is 0.0989. The molecule has 0 aliphatic carbocycles. The van der Waals surface area contributed by atoms with Gasteiger partial charge in [0, 0.05) is 42.1 Å². The average Bonchev–Trinajstić information content (AvgIpc) is 3.40. The molecular weight excluding hydrogens is 535 g/mol. The van der Waals surface area contributed by atoms with Gasteiger partial charge in [-0.05, 0) is 68.7 Å². The molecule has 0 radical (unpaired) electrons. The first kappa shape index (κ1) is 27.0. The van der Waals surface area contributed by atoms with Crippen LogP contribution < -0.4 is 14.5 Å². The van der Waals surface area contributed by atoms with E-state index in [0.29, 0.717) is 39.0 Å². The number of halogens is 2. The summed E-state index contributed by atoms with van der Waals surface area (Å²) >= 11 is 12.8. The Labute approximate surface area is 238 Å². The molecule has 0 fully saturated rings. The summed E-state index contributed by atoms with van der Waals surface area (Å²) in [5, 5.41) is 1.18. The quantitative estimate of drug-likeness (QED) is 0.260. The average molecular weight is 566 g/mol. The van der Waals surface area contributed by atoms with E-state index in [4.69, 9.17) is 32.9 Å². The van der Waals surface area contributed by atoms with E-state index in [1.54, 1.807) is 23.1 Å². The van der Waals surface area contributed by atoms with E-state index in [1.165, 1.54) is 0 Å². The molecule has 1 aliphatic rings. The molecule has 0 N–H and O–H groups in total. The number of ether oxygens (including phenoxy) is 1. The first-order chi connectivity index (χ1) is 18.5. The van der Waals surface area contributed by atoms with Crippen LogP contribution in [0.15, 0.2) is 42.6 Å². The molecule has 8 nitrogen and oxygen atoms in total. The monoisotopic (exact) mass is 564 g/mol. The van der Waals surface area contributed by atoms with E-state index >= 15 is 0 Å². The lowest BCUT2D eigenvalue weighted by atomic mass is 9.97. The van der Waals surface area contributed by atoms with Gasteiger partial charge in [0.15, 0.2) is 5.69 Å². The Hall–Kier alpha value is -3.62. The summed E-state index contributed by atoms with van der Waals surface area (Å²) in [4.78, 5) is 31.9. The Kier molecular flexibility index (Phi) is 7.03. The van der Waals surface area contributed by atoms with E-state index < -0.39 is 6.04 Å². The lowest BCUT2D eigenvalue weighted by Gasteiger charge is -2.30. The topological polar surface area (TPSA) is 76.4 Å². The maximum atomic E-state index is 14.3. The van der Waals surface area contributed by atoms with Crippen molar-refractivity contribution in [1.82, 2.24) is 19.5 Å². The van der Waals surface area contributed by atoms with Crippen LogP contribution in [0.2, 0.25) is 10.0 Å². The number of carbonyl (C=O) groups is 1. The van der Waals surface area contributed by atoms with Gasteiger partial charge >= 0.3 is 0 Å². The van der Waals surface area contributed by atoms with Crippen molar-refractivity contribution in [3.8, 4) is 17.3 Å². The Morgan fingerprint density at radius 3 is 2.33 bits per heavy atom. The molecule has 39 heavy (non-hydrogen) atoms. The van der Waals surface area contributed by atoms with Crippen LogP contribution in [0.25, 0.3) is 11.4 Å². The second-order valence-electron chi connectivity index (χ2n) is 10.1. The minimum absolute atomic E-state index is 0.0437. The van der Waals surface area contributed by atoms with Crippen molar-refractivity contribution >= 4 is 40.7 Å². The van der Waals surface area contributed by atoms with Crippen LogP contribution in [0.4, 0.5) is 11.6 Å². The number of fused-ring (bicyclic) bond motifs is 1. The third kappa shape index (κ3) is 4.51. The number of nitrogens with zero attached hydrogens (tertiary/aromatic N) is 6. The molecule has 1 aliphatic heterocycles. The van der Waals surface area contributed by atoms with Crippen LogP contribution in [-0.4, -0.2) is 46.6 Å². The fourth-order valence-electron chi connectivity index (χ4n) is 5.13. The van der Waals surface area contributed by atoms with Gasteiger partial charge in [-0.1, -0.05) is 35.3 Å². The summed E-state index contributed by atoms with van der Waals surface area (Å²) in [6.07, 6.45) is 1.70. The fraction of sp³-hybridized carbons (Fsp3) is 0.310. The highest BCUT2D eigenvalue weighted by Crippen LogP contribution is 2.47. The van der Waals surface area contributed by atoms with Crippen molar-refractivity contribution in [3.63, 3.8) is 0 Å². The molecule has 10 heteroatoms. The van der Waals surface area contributed by atoms with Crippen molar-refractivity contribution in [2.24, 2.45) is 0 Å². The van der Waals surface area contributed by atoms with Gasteiger partial charge < -0.3 is 14.2 Å². The smallest absolute Gasteiger partial charge is 0.279 e. The third-order valence-electron chi connectivity index (χ3n) is 6.94. The molecule has 0 saturated heterocycles. The number of methoxy groups -OCH3 is 1. The zero-order valence-electron chi connectivity index (χ0n) is 23.0. The first-order valence-corrected chi connectivity index (χ1v) is 13.4. The maximum Gasteiger partial charge on any atom is 0.279 e. The Morgan fingerprint density at radius 1 is 1.00 bits per heavy atom. The molecule has 0 bridgehead atoms. The standard InChI is InChI=1S/C29H30Cl2N6O2/c1-15(2)36-25-23(33-26(36)21-14-32-29(35(5)6)34-27(21)39-7)28(38)37(22-13-19(31)9-8-16(22)3)24(25)20-11-10-18(30)12-17(20)4/h8-15,24H,1-7H3. The highest BCUT2D eigenvalue weighted by atomic mass is 35.5. The number of benzene rings is 2. The van der Waals surface area contributed by atoms with Crippen LogP contribution in [0, 0.1) is 13.8 Å². The maximum absolute atomic E-state index is 14.3. The van der Waals surface area contributed by atoms with Crippen molar-refractivity contribution in [2.75, 3.05) is 31.0 Å². The molecule has 5 rings (SSSR count). The molecular formula is C29H30Cl2N6O2. The van der Waals surface area contributed by atoms with Gasteiger partial charge in [-0.2, -0.15) is 4.98 Å². The van der Waals surface area contributed by atoms with Crippen molar-refractivity contribution in [1.29, 1.82) is 0 Å². The molecule has 1 atom stereocenters. The number of amides is 1. The molecule has 2 aromatic carbocycles. The largest absolute Gasteiger partial charge is 0.480 e. The number of anilines is 2. The van der Waals surface area contributed by atoms with Gasteiger partial charge in [0.25, 0.3) is 5.91 Å². The Morgan fingerprint density at radius 2 is 1.69 bits per heavy atom. The van der Waals surface area contributed by atoms with Gasteiger partial charge in [-0.15, -0.1) is 0 Å². The minimum Gasteiger partial charge on any atom is -0.480 e. The molecule has 1 unspecified atom stereocenters. The van der Waals surface area contributed by atoms with Gasteiger partial charge in [0.1, 0.15) is 11.9 Å². The molecule has 0 spiro atoms. The number of hydrogen-bond acceptors (Lipinski definition) is 6. The van der Waals surface area contributed by atoms with Crippen LogP contribution in [0.1, 0.15) is 58.8 Å². The number of aromatic nitrogens is 4. The van der Waals surface area contributed by atoms with Crippen LogP contribution in [-0.2, 0) is 0 Å². The first-order valence-electron chi connectivity index (χ1n) is 12.6. The molecule has 3 heterocycles. The zero-order chi connectivity index (χ0) is 28.2. The molecule has 202 valence electrons. The molecule has 2 aromatic heterocycles. The summed E-state index contributed by atoms with van der Waals surface area (Å²) in [7, 11) is 5.29. The number of hydrogen-bond donors (Lipinski definition) is 0. The highest BCUT2D eigenvalue weighted by Gasteiger charge is 2.46. The molecule has 1 amide bonds. The van der Waals surface area contributed by atoms with Gasteiger partial charge in [-0.25, -0.2) is 9.97 Å². The van der Waals surface area contributed by atoms with E-state index in [1.807, 2.05) is 64.3 Å². The summed E-state index contributed by atoms with van der Waals surface area (Å²) in [5.41, 5.74) is 5.34. The third-order valence-corrected chi connectivity index (χ3v) is 7.41. The van der Waals surface area contributed by atoms with Crippen molar-refractivity contribution in [3.05, 3.63) is 80.7 Å². The van der Waals surface area contributed by atoms with E-state index in [2.05, 4.69) is 28.4 Å². The fourth-order valence-corrected chi connectivity index (χ4v) is 5.53. The Balaban J connectivity index is 1.81. The summed E-state index contributed by atoms with van der Waals surface area (Å²) in [6, 6.07) is 10.8. The van der Waals surface area contributed by atoms with E-state index in [-0.39, 0.29) is 11.9 Å². The van der Waals surface area contributed by atoms with Crippen molar-refractivity contribution < 1.29 is 9.53 Å². The van der Waals surface area contributed by atoms with Crippen LogP contribution >= 0.6 is 23.2 Å². The number of carbonyl (C=O) groups excluding carboxylic acids is 1. The summed E-state index contributed by atoms with van der Waals surface area (Å²) in [5.74, 6) is 1.26. The van der Waals surface area contributed by atoms with E-state index in [9.17, 15) is 4.79 Å². The predicted octanol–water partition coefficient (Wildman–Crippen LogP) is 6.67. The number of rotatable bonds is 6. The van der Waals surface area contributed by atoms with Gasteiger partial charge in [-0.3, -0.25) is 9.69 Å². The summed E-state index contributed by atoms with van der Waals surface area (Å²) in [6.45, 7) is 8.10. The number of imidazole rings is 1. The van der Waals surface area contributed by atoms with Crippen molar-refractivity contribution in [2.45, 2.75) is 39.8 Å². The normalized spacial score (nSPS) is 14.8. The second kappa shape index (κ2) is 10.2. The van der Waals surface area contributed by atoms with E-state index in [0.717, 1.165) is 28.1 Å². The molecule has 4 aromatic rings. The van der Waals surface area contributed by atoms with Gasteiger partial charge in [0.05, 0.1) is 18.4 Å². The van der Waals surface area contributed by atoms with Gasteiger partial charge in [0.2, 0.25) is 11.8 Å². The number of aryl methyl sites for hydroxylation is 2. The predicted molar refractivity (Wildman–Crippen MR) is 156 cm³/mol. The van der Waals surface area contributed by atoms with Crippen LogP contribution in [0.3, 0.4) is 0 Å². The second-order valence-corrected chi connectivity index (χ2v) is 11.0. The van der Waals surface area contributed by atoms with Crippen LogP contribution in [0.5, 0.6) is 5.88 Å². The summed E-state index contributed by atoms with van der Waals surface area (Å²) < 4.78 is 7.75. The zero-order valence-corrected chi connectivity index (χ0v) is 24.5. The molecule has 0 saturated carbocycles. The highest BCUT2D eigenvalue weighted by molar-refractivity contribution is 6.31. The Bertz CT molecular complexity index is 1600. The SMILES string of the molecule is COc1nc(N(C)C)ncc1-c1nc2c(n1C(C)C)C(c1ccc(Cl)cc1C)N(c1cc(Cl)ccc1C)C2=O.